The Morgan fingerprint density at radius 3 is 2.63 bits per heavy atom. The van der Waals surface area contributed by atoms with Crippen molar-refractivity contribution in [2.45, 2.75) is 68.8 Å². The molecular weight excluding hydrogens is 366 g/mol. The van der Waals surface area contributed by atoms with Crippen LogP contribution in [0.25, 0.3) is 0 Å². The van der Waals surface area contributed by atoms with Crippen LogP contribution in [-0.4, -0.2) is 21.8 Å². The highest BCUT2D eigenvalue weighted by Gasteiger charge is 2.28. The molecule has 1 aliphatic carbocycles. The first-order valence-electron chi connectivity index (χ1n) is 7.26. The van der Waals surface area contributed by atoms with Gasteiger partial charge in [-0.15, -0.1) is 11.3 Å². The molecule has 2 nitrogen and oxygen atoms in total. The molecule has 1 unspecified atom stereocenters. The van der Waals surface area contributed by atoms with Crippen LogP contribution < -0.4 is 4.80 Å². The maximum absolute atomic E-state index is 4.84. The summed E-state index contributed by atoms with van der Waals surface area (Å²) >= 11 is 4.57. The minimum atomic E-state index is 0.373. The number of nitrogens with zero attached hydrogens (tertiary/aromatic N) is 2. The van der Waals surface area contributed by atoms with E-state index in [9.17, 15) is 0 Å². The Kier molecular flexibility index (Phi) is 4.86. The lowest BCUT2D eigenvalue weighted by molar-refractivity contribution is 0.543. The van der Waals surface area contributed by atoms with Crippen LogP contribution in [0.1, 0.15) is 57.1 Å². The third-order valence-electron chi connectivity index (χ3n) is 3.56. The normalized spacial score (nSPS) is 24.9. The number of hydrogen-bond acceptors (Lipinski definition) is 2. The summed E-state index contributed by atoms with van der Waals surface area (Å²) in [5.41, 5.74) is 1.56. The van der Waals surface area contributed by atoms with Gasteiger partial charge in [0, 0.05) is 22.7 Å². The Bertz CT molecular complexity index is 514. The van der Waals surface area contributed by atoms with Gasteiger partial charge in [0.05, 0.1) is 0 Å². The first-order chi connectivity index (χ1) is 8.80. The number of rotatable bonds is 2. The molecule has 0 N–H and O–H groups in total. The topological polar surface area (TPSA) is 17.3 Å². The molecular formula is C14H24BIN2S. The average Bonchev–Trinajstić information content (AvgIpc) is 2.46. The number of thiazole rings is 1. The van der Waals surface area contributed by atoms with Gasteiger partial charge in [0.1, 0.15) is 7.85 Å². The van der Waals surface area contributed by atoms with Crippen molar-refractivity contribution in [1.82, 2.24) is 4.57 Å². The van der Waals surface area contributed by atoms with Crippen LogP contribution in [-0.2, 0) is 12.8 Å². The molecule has 0 amide bonds. The van der Waals surface area contributed by atoms with Gasteiger partial charge in [-0.05, 0) is 56.7 Å². The van der Waals surface area contributed by atoms with Crippen molar-refractivity contribution < 1.29 is 0 Å². The minimum Gasteiger partial charge on any atom is -0.318 e. The third kappa shape index (κ3) is 3.66. The lowest BCUT2D eigenvalue weighted by Crippen LogP contribution is -2.22. The number of aromatic nitrogens is 1. The molecule has 19 heavy (non-hydrogen) atoms. The highest BCUT2D eigenvalue weighted by molar-refractivity contribution is 14.1. The predicted molar refractivity (Wildman–Crippen MR) is 95.3 cm³/mol. The van der Waals surface area contributed by atoms with Crippen LogP contribution in [0, 0.1) is 0 Å². The second kappa shape index (κ2) is 5.92. The molecule has 0 aliphatic heterocycles. The molecule has 0 fully saturated rings. The summed E-state index contributed by atoms with van der Waals surface area (Å²) < 4.78 is 2.90. The van der Waals surface area contributed by atoms with Gasteiger partial charge in [-0.3, -0.25) is 4.99 Å². The van der Waals surface area contributed by atoms with Crippen LogP contribution in [0.5, 0.6) is 0 Å². The molecule has 0 saturated carbocycles. The molecule has 0 radical (unpaired) electrons. The van der Waals surface area contributed by atoms with Gasteiger partial charge >= 0.3 is 0 Å². The van der Waals surface area contributed by atoms with E-state index in [2.05, 4.69) is 62.7 Å². The molecule has 106 valence electrons. The quantitative estimate of drug-likeness (QED) is 0.320. The van der Waals surface area contributed by atoms with Gasteiger partial charge < -0.3 is 4.57 Å². The minimum absolute atomic E-state index is 0.373. The van der Waals surface area contributed by atoms with E-state index in [1.165, 1.54) is 30.5 Å². The molecule has 0 bridgehead atoms. The van der Waals surface area contributed by atoms with Gasteiger partial charge in [-0.2, -0.15) is 0 Å². The summed E-state index contributed by atoms with van der Waals surface area (Å²) in [6.07, 6.45) is 5.05. The fraction of sp³-hybridized carbons (Fsp3) is 0.786. The van der Waals surface area contributed by atoms with E-state index in [4.69, 9.17) is 4.99 Å². The van der Waals surface area contributed by atoms with Crippen LogP contribution >= 0.6 is 33.9 Å². The van der Waals surface area contributed by atoms with Crippen molar-refractivity contribution in [2.24, 2.45) is 4.99 Å². The summed E-state index contributed by atoms with van der Waals surface area (Å²) in [6.45, 7) is 8.89. The molecule has 1 atom stereocenters. The summed E-state index contributed by atoms with van der Waals surface area (Å²) in [6, 6.07) is 0.884. The molecule has 0 saturated heterocycles. The summed E-state index contributed by atoms with van der Waals surface area (Å²) in [5.74, 6) is 0. The number of fused-ring (bicyclic) bond motifs is 1. The summed E-state index contributed by atoms with van der Waals surface area (Å²) in [4.78, 5) is 7.64. The van der Waals surface area contributed by atoms with Gasteiger partial charge in [-0.25, -0.2) is 0 Å². The monoisotopic (exact) mass is 390 g/mol. The van der Waals surface area contributed by atoms with E-state index in [1.54, 1.807) is 10.6 Å². The van der Waals surface area contributed by atoms with Crippen molar-refractivity contribution in [3.05, 3.63) is 15.4 Å². The first-order valence-corrected chi connectivity index (χ1v) is 9.15. The fourth-order valence-corrected chi connectivity index (χ4v) is 5.39. The molecule has 1 heterocycles. The first kappa shape index (κ1) is 15.6. The molecule has 2 rings (SSSR count). The summed E-state index contributed by atoms with van der Waals surface area (Å²) in [7, 11) is 2.39. The molecule has 5 heteroatoms. The largest absolute Gasteiger partial charge is 0.318 e. The zero-order valence-electron chi connectivity index (χ0n) is 12.7. The van der Waals surface area contributed by atoms with Crippen molar-refractivity contribution in [1.29, 1.82) is 0 Å². The molecule has 1 aromatic rings. The van der Waals surface area contributed by atoms with E-state index in [0.29, 0.717) is 15.4 Å². The Hall–Kier alpha value is 0.225. The van der Waals surface area contributed by atoms with Gasteiger partial charge in [0.25, 0.3) is 0 Å². The summed E-state index contributed by atoms with van der Waals surface area (Å²) in [5, 5.41) is 0. The van der Waals surface area contributed by atoms with Gasteiger partial charge in [0.2, 0.25) is 0 Å². The highest BCUT2D eigenvalue weighted by atomic mass is 127. The third-order valence-corrected chi connectivity index (χ3v) is 5.59. The number of alkyl halides is 1. The second-order valence-corrected chi connectivity index (χ2v) is 10.1. The van der Waals surface area contributed by atoms with Crippen molar-refractivity contribution in [2.75, 3.05) is 0 Å². The highest BCUT2D eigenvalue weighted by Crippen LogP contribution is 2.34. The van der Waals surface area contributed by atoms with Crippen molar-refractivity contribution in [3.8, 4) is 0 Å². The standard InChI is InChI=1S/C14H24BIN2S/c1-9(2)17-13-18(10(3)4)11-6-5-7-14(15,16)8-12(11)19-13/h9-10H,5-8,15H2,1-4H3/b17-13+. The Balaban J connectivity index is 2.56. The van der Waals surface area contributed by atoms with E-state index in [-0.39, 0.29) is 0 Å². The SMILES string of the molecule is BC1(I)CCCc2c(s/c(=N/C(C)C)n2C(C)C)C1. The van der Waals surface area contributed by atoms with E-state index < -0.39 is 0 Å². The predicted octanol–water partition coefficient (Wildman–Crippen LogP) is 3.08. The average molecular weight is 390 g/mol. The fourth-order valence-electron chi connectivity index (χ4n) is 2.76. The number of halogens is 1. The zero-order chi connectivity index (χ0) is 14.2. The Morgan fingerprint density at radius 2 is 2.05 bits per heavy atom. The van der Waals surface area contributed by atoms with Crippen LogP contribution in [0.4, 0.5) is 0 Å². The van der Waals surface area contributed by atoms with Gasteiger partial charge in [0.15, 0.2) is 4.80 Å². The second-order valence-electron chi connectivity index (χ2n) is 6.38. The maximum Gasteiger partial charge on any atom is 0.185 e. The van der Waals surface area contributed by atoms with E-state index in [0.717, 1.165) is 0 Å². The van der Waals surface area contributed by atoms with Crippen molar-refractivity contribution >= 4 is 41.8 Å². The number of hydrogen-bond donors (Lipinski definition) is 0. The lowest BCUT2D eigenvalue weighted by atomic mass is 9.81. The lowest BCUT2D eigenvalue weighted by Gasteiger charge is -2.18. The smallest absolute Gasteiger partial charge is 0.185 e. The van der Waals surface area contributed by atoms with E-state index in [1.807, 2.05) is 11.3 Å². The van der Waals surface area contributed by atoms with E-state index >= 15 is 0 Å². The molecule has 1 aliphatic rings. The molecule has 0 aromatic carbocycles. The maximum atomic E-state index is 4.84. The zero-order valence-corrected chi connectivity index (χ0v) is 15.6. The van der Waals surface area contributed by atoms with Crippen LogP contribution in [0.3, 0.4) is 0 Å². The molecule has 0 spiro atoms. The van der Waals surface area contributed by atoms with Gasteiger partial charge in [-0.1, -0.05) is 22.6 Å². The Morgan fingerprint density at radius 1 is 1.37 bits per heavy atom. The Labute approximate surface area is 135 Å². The van der Waals surface area contributed by atoms with Crippen molar-refractivity contribution in [3.63, 3.8) is 0 Å². The molecule has 1 aromatic heterocycles. The van der Waals surface area contributed by atoms with Crippen LogP contribution in [0.15, 0.2) is 4.99 Å². The van der Waals surface area contributed by atoms with Crippen LogP contribution in [0.2, 0.25) is 0 Å².